The Morgan fingerprint density at radius 3 is 2.22 bits per heavy atom. The molecule has 0 saturated heterocycles. The molecule has 0 saturated carbocycles. The zero-order valence-electron chi connectivity index (χ0n) is 15.9. The van der Waals surface area contributed by atoms with Gasteiger partial charge in [0, 0.05) is 38.6 Å². The molecule has 6 nitrogen and oxygen atoms in total. The van der Waals surface area contributed by atoms with Gasteiger partial charge in [-0.05, 0) is 42.7 Å². The van der Waals surface area contributed by atoms with Crippen LogP contribution in [0.3, 0.4) is 0 Å². The molecule has 0 unspecified atom stereocenters. The third-order valence-corrected chi connectivity index (χ3v) is 5.16. The first-order valence-corrected chi connectivity index (χ1v) is 10.9. The van der Waals surface area contributed by atoms with Crippen molar-refractivity contribution in [3.63, 3.8) is 0 Å². The Hall–Kier alpha value is -2.54. The number of benzene rings is 2. The lowest BCUT2D eigenvalue weighted by Gasteiger charge is -2.12. The van der Waals surface area contributed by atoms with Gasteiger partial charge in [-0.15, -0.1) is 0 Å². The van der Waals surface area contributed by atoms with Crippen molar-refractivity contribution >= 4 is 21.5 Å². The van der Waals surface area contributed by atoms with Crippen molar-refractivity contribution in [1.82, 2.24) is 10.6 Å². The fourth-order valence-corrected chi connectivity index (χ4v) is 3.16. The van der Waals surface area contributed by atoms with Gasteiger partial charge in [-0.3, -0.25) is 4.99 Å². The number of nitrogens with one attached hydrogen (secondary N) is 3. The van der Waals surface area contributed by atoms with Crippen LogP contribution in [0.25, 0.3) is 0 Å². The van der Waals surface area contributed by atoms with E-state index in [1.807, 2.05) is 30.3 Å². The van der Waals surface area contributed by atoms with Crippen molar-refractivity contribution in [3.8, 4) is 0 Å². The minimum Gasteiger partial charge on any atom is -0.385 e. The number of aliphatic imine (C=N–C) groups is 1. The summed E-state index contributed by atoms with van der Waals surface area (Å²) in [5.41, 5.74) is 2.21. The van der Waals surface area contributed by atoms with E-state index < -0.39 is 9.84 Å². The fraction of sp³-hybridized carbons (Fsp3) is 0.350. The Balaban J connectivity index is 1.64. The average molecular weight is 389 g/mol. The van der Waals surface area contributed by atoms with Gasteiger partial charge in [-0.1, -0.05) is 30.3 Å². The van der Waals surface area contributed by atoms with Crippen LogP contribution in [-0.4, -0.2) is 47.3 Å². The number of para-hydroxylation sites is 1. The van der Waals surface area contributed by atoms with E-state index in [0.29, 0.717) is 4.90 Å². The molecule has 2 rings (SSSR count). The Labute approximate surface area is 162 Å². The molecular formula is C20H28N4O2S. The summed E-state index contributed by atoms with van der Waals surface area (Å²) < 4.78 is 22.9. The standard InChI is InChI=1S/C20H28N4O2S/c1-21-20(23-15-6-14-22-18-7-4-3-5-8-18)24-16-13-17-9-11-19(12-10-17)27(2,25)26/h3-5,7-12,22H,6,13-16H2,1-2H3,(H2,21,23,24). The number of hydrogen-bond donors (Lipinski definition) is 3. The Bertz CT molecular complexity index is 819. The molecule has 0 atom stereocenters. The molecule has 0 aromatic heterocycles. The van der Waals surface area contributed by atoms with Crippen molar-refractivity contribution < 1.29 is 8.42 Å². The number of rotatable bonds is 9. The maximum atomic E-state index is 11.5. The third-order valence-electron chi connectivity index (χ3n) is 4.03. The largest absolute Gasteiger partial charge is 0.385 e. The van der Waals surface area contributed by atoms with Crippen LogP contribution >= 0.6 is 0 Å². The van der Waals surface area contributed by atoms with Crippen molar-refractivity contribution in [2.75, 3.05) is 38.3 Å². The zero-order valence-corrected chi connectivity index (χ0v) is 16.7. The van der Waals surface area contributed by atoms with E-state index in [2.05, 4.69) is 33.1 Å². The predicted molar refractivity (Wildman–Crippen MR) is 112 cm³/mol. The minimum atomic E-state index is -3.14. The second-order valence-electron chi connectivity index (χ2n) is 6.24. The Morgan fingerprint density at radius 1 is 0.926 bits per heavy atom. The van der Waals surface area contributed by atoms with Crippen LogP contribution in [0.15, 0.2) is 64.5 Å². The molecule has 3 N–H and O–H groups in total. The molecule has 0 radical (unpaired) electrons. The highest BCUT2D eigenvalue weighted by Gasteiger charge is 2.06. The molecule has 2 aromatic rings. The smallest absolute Gasteiger partial charge is 0.190 e. The summed E-state index contributed by atoms with van der Waals surface area (Å²) in [6, 6.07) is 17.1. The van der Waals surface area contributed by atoms with Gasteiger partial charge in [0.1, 0.15) is 0 Å². The highest BCUT2D eigenvalue weighted by Crippen LogP contribution is 2.10. The first kappa shape index (κ1) is 20.8. The van der Waals surface area contributed by atoms with Crippen LogP contribution in [0, 0.1) is 0 Å². The highest BCUT2D eigenvalue weighted by atomic mass is 32.2. The molecule has 0 bridgehead atoms. The van der Waals surface area contributed by atoms with E-state index in [0.717, 1.165) is 49.7 Å². The molecular weight excluding hydrogens is 360 g/mol. The van der Waals surface area contributed by atoms with E-state index in [1.165, 1.54) is 6.26 Å². The molecule has 0 aliphatic rings. The van der Waals surface area contributed by atoms with Crippen molar-refractivity contribution in [1.29, 1.82) is 0 Å². The van der Waals surface area contributed by atoms with Gasteiger partial charge in [0.15, 0.2) is 15.8 Å². The first-order chi connectivity index (χ1) is 13.0. The lowest BCUT2D eigenvalue weighted by atomic mass is 10.1. The van der Waals surface area contributed by atoms with Crippen molar-refractivity contribution in [3.05, 3.63) is 60.2 Å². The molecule has 146 valence electrons. The van der Waals surface area contributed by atoms with Gasteiger partial charge >= 0.3 is 0 Å². The predicted octanol–water partition coefficient (Wildman–Crippen LogP) is 2.30. The lowest BCUT2D eigenvalue weighted by molar-refractivity contribution is 0.602. The van der Waals surface area contributed by atoms with Gasteiger partial charge in [0.25, 0.3) is 0 Å². The summed E-state index contributed by atoms with van der Waals surface area (Å²) in [5.74, 6) is 0.766. The second-order valence-corrected chi connectivity index (χ2v) is 8.25. The van der Waals surface area contributed by atoms with Gasteiger partial charge in [0.05, 0.1) is 4.90 Å². The molecule has 0 heterocycles. The Kier molecular flexibility index (Phi) is 8.13. The molecule has 2 aromatic carbocycles. The molecule has 7 heteroatoms. The van der Waals surface area contributed by atoms with Gasteiger partial charge in [-0.25, -0.2) is 8.42 Å². The van der Waals surface area contributed by atoms with Crippen LogP contribution in [0.2, 0.25) is 0 Å². The fourth-order valence-electron chi connectivity index (χ4n) is 2.53. The average Bonchev–Trinajstić information content (AvgIpc) is 2.67. The van der Waals surface area contributed by atoms with Crippen LogP contribution in [-0.2, 0) is 16.3 Å². The summed E-state index contributed by atoms with van der Waals surface area (Å²) in [6.07, 6.45) is 2.98. The molecule has 0 aliphatic carbocycles. The van der Waals surface area contributed by atoms with Crippen LogP contribution < -0.4 is 16.0 Å². The monoisotopic (exact) mass is 388 g/mol. The third kappa shape index (κ3) is 7.70. The zero-order chi connectivity index (χ0) is 19.5. The SMILES string of the molecule is CN=C(NCCCNc1ccccc1)NCCc1ccc(S(C)(=O)=O)cc1. The Morgan fingerprint density at radius 2 is 1.59 bits per heavy atom. The minimum absolute atomic E-state index is 0.348. The van der Waals surface area contributed by atoms with E-state index in [1.54, 1.807) is 19.2 Å². The first-order valence-electron chi connectivity index (χ1n) is 9.01. The van der Waals surface area contributed by atoms with Gasteiger partial charge in [-0.2, -0.15) is 0 Å². The maximum absolute atomic E-state index is 11.5. The second kappa shape index (κ2) is 10.6. The van der Waals surface area contributed by atoms with Crippen LogP contribution in [0.1, 0.15) is 12.0 Å². The van der Waals surface area contributed by atoms with Crippen molar-refractivity contribution in [2.45, 2.75) is 17.7 Å². The van der Waals surface area contributed by atoms with E-state index in [4.69, 9.17) is 0 Å². The van der Waals surface area contributed by atoms with Crippen LogP contribution in [0.5, 0.6) is 0 Å². The van der Waals surface area contributed by atoms with Gasteiger partial charge < -0.3 is 16.0 Å². The number of nitrogens with zero attached hydrogens (tertiary/aromatic N) is 1. The summed E-state index contributed by atoms with van der Waals surface area (Å²) in [5, 5.41) is 9.94. The molecule has 0 spiro atoms. The van der Waals surface area contributed by atoms with Gasteiger partial charge in [0.2, 0.25) is 0 Å². The number of sulfone groups is 1. The topological polar surface area (TPSA) is 82.6 Å². The summed E-state index contributed by atoms with van der Waals surface area (Å²) in [7, 11) is -1.39. The summed E-state index contributed by atoms with van der Waals surface area (Å²) in [6.45, 7) is 2.43. The lowest BCUT2D eigenvalue weighted by Crippen LogP contribution is -2.39. The number of anilines is 1. The van der Waals surface area contributed by atoms with Crippen LogP contribution in [0.4, 0.5) is 5.69 Å². The molecule has 0 fully saturated rings. The molecule has 27 heavy (non-hydrogen) atoms. The number of hydrogen-bond acceptors (Lipinski definition) is 4. The quantitative estimate of drug-likeness (QED) is 0.349. The maximum Gasteiger partial charge on any atom is 0.190 e. The summed E-state index contributed by atoms with van der Waals surface area (Å²) >= 11 is 0. The molecule has 0 amide bonds. The van der Waals surface area contributed by atoms with E-state index in [-0.39, 0.29) is 0 Å². The summed E-state index contributed by atoms with van der Waals surface area (Å²) in [4.78, 5) is 4.56. The van der Waals surface area contributed by atoms with Crippen molar-refractivity contribution in [2.24, 2.45) is 4.99 Å². The highest BCUT2D eigenvalue weighted by molar-refractivity contribution is 7.90. The normalized spacial score (nSPS) is 11.9. The van der Waals surface area contributed by atoms with E-state index >= 15 is 0 Å². The number of guanidine groups is 1. The van der Waals surface area contributed by atoms with E-state index in [9.17, 15) is 8.42 Å². The molecule has 0 aliphatic heterocycles.